The summed E-state index contributed by atoms with van der Waals surface area (Å²) >= 11 is 0. The monoisotopic (exact) mass is 353 g/mol. The molecule has 0 bridgehead atoms. The Labute approximate surface area is 150 Å². The van der Waals surface area contributed by atoms with Gasteiger partial charge in [0.25, 0.3) is 11.8 Å². The molecule has 0 aromatic carbocycles. The summed E-state index contributed by atoms with van der Waals surface area (Å²) in [7, 11) is 0. The van der Waals surface area contributed by atoms with Crippen LogP contribution in [0.15, 0.2) is 43.0 Å². The van der Waals surface area contributed by atoms with Crippen LogP contribution in [0.4, 0.5) is 0 Å². The van der Waals surface area contributed by atoms with E-state index in [0.29, 0.717) is 37.4 Å². The molecule has 2 aromatic heterocycles. The van der Waals surface area contributed by atoms with Crippen molar-refractivity contribution >= 4 is 11.8 Å². The molecule has 0 unspecified atom stereocenters. The molecule has 0 radical (unpaired) electrons. The molecule has 0 aliphatic carbocycles. The Morgan fingerprint density at radius 3 is 2.69 bits per heavy atom. The average molecular weight is 353 g/mol. The van der Waals surface area contributed by atoms with Crippen LogP contribution in [-0.2, 0) is 4.74 Å². The van der Waals surface area contributed by atoms with Crippen LogP contribution in [0.5, 0.6) is 0 Å². The van der Waals surface area contributed by atoms with E-state index in [1.165, 1.54) is 12.4 Å². The normalized spacial score (nSPS) is 24.3. The highest BCUT2D eigenvalue weighted by Gasteiger charge is 2.45. The number of nitrogens with zero attached hydrogens (tertiary/aromatic N) is 4. The standard InChI is InChI=1S/C18H19N5O3/c24-17(12-1-4-19-5-2-12)20-7-14-11-26-16-10-23(9-15(14)16)18(25)13-3-6-21-22-8-13/h1-6,8,14-16H,7,9-11H2,(H,20,24)/t14-,15-,16-/m1/s1. The molecule has 2 aromatic rings. The van der Waals surface area contributed by atoms with Crippen LogP contribution in [-0.4, -0.2) is 64.2 Å². The summed E-state index contributed by atoms with van der Waals surface area (Å²) in [6, 6.07) is 5.03. The molecule has 4 rings (SSSR count). The minimum atomic E-state index is -0.121. The van der Waals surface area contributed by atoms with Gasteiger partial charge in [-0.25, -0.2) is 0 Å². The van der Waals surface area contributed by atoms with Gasteiger partial charge in [0.05, 0.1) is 30.7 Å². The second-order valence-corrected chi connectivity index (χ2v) is 6.58. The quantitative estimate of drug-likeness (QED) is 0.854. The molecule has 8 nitrogen and oxygen atoms in total. The van der Waals surface area contributed by atoms with Gasteiger partial charge in [-0.1, -0.05) is 0 Å². The van der Waals surface area contributed by atoms with E-state index in [-0.39, 0.29) is 29.8 Å². The van der Waals surface area contributed by atoms with Gasteiger partial charge in [-0.15, -0.1) is 0 Å². The van der Waals surface area contributed by atoms with E-state index in [2.05, 4.69) is 20.5 Å². The molecular formula is C18H19N5O3. The number of carbonyl (C=O) groups is 2. The summed E-state index contributed by atoms with van der Waals surface area (Å²) in [5.41, 5.74) is 1.12. The van der Waals surface area contributed by atoms with Gasteiger partial charge in [0.15, 0.2) is 0 Å². The van der Waals surface area contributed by atoms with Crippen molar-refractivity contribution < 1.29 is 14.3 Å². The molecule has 8 heteroatoms. The van der Waals surface area contributed by atoms with E-state index in [4.69, 9.17) is 4.74 Å². The first-order valence-electron chi connectivity index (χ1n) is 8.58. The summed E-state index contributed by atoms with van der Waals surface area (Å²) in [6.45, 7) is 2.33. The number of carbonyl (C=O) groups excluding carboxylic acids is 2. The highest BCUT2D eigenvalue weighted by atomic mass is 16.5. The Kier molecular flexibility index (Phi) is 4.57. The van der Waals surface area contributed by atoms with Crippen LogP contribution in [0.3, 0.4) is 0 Å². The summed E-state index contributed by atoms with van der Waals surface area (Å²) in [5.74, 6) is 0.243. The Hall–Kier alpha value is -2.87. The number of ether oxygens (including phenoxy) is 1. The van der Waals surface area contributed by atoms with Crippen molar-refractivity contribution in [2.75, 3.05) is 26.2 Å². The Bertz CT molecular complexity index is 786. The first-order chi connectivity index (χ1) is 12.7. The third kappa shape index (κ3) is 3.28. The van der Waals surface area contributed by atoms with Gasteiger partial charge in [-0.05, 0) is 18.2 Å². The number of nitrogens with one attached hydrogen (secondary N) is 1. The number of amides is 2. The predicted octanol–water partition coefficient (Wildman–Crippen LogP) is 0.389. The molecule has 2 aliphatic heterocycles. The van der Waals surface area contributed by atoms with Crippen LogP contribution in [0, 0.1) is 11.8 Å². The number of rotatable bonds is 4. The van der Waals surface area contributed by atoms with E-state index >= 15 is 0 Å². The third-order valence-electron chi connectivity index (χ3n) is 5.02. The molecule has 0 saturated carbocycles. The van der Waals surface area contributed by atoms with Crippen LogP contribution >= 0.6 is 0 Å². The SMILES string of the molecule is O=C(NC[C@@H]1CO[C@@H]2CN(C(=O)c3ccnnc3)C[C@H]12)c1ccncc1. The zero-order chi connectivity index (χ0) is 17.9. The van der Waals surface area contributed by atoms with E-state index in [9.17, 15) is 9.59 Å². The highest BCUT2D eigenvalue weighted by molar-refractivity contribution is 5.94. The Morgan fingerprint density at radius 2 is 1.92 bits per heavy atom. The lowest BCUT2D eigenvalue weighted by Gasteiger charge is -2.20. The number of hydrogen-bond acceptors (Lipinski definition) is 6. The van der Waals surface area contributed by atoms with Crippen molar-refractivity contribution in [1.29, 1.82) is 0 Å². The van der Waals surface area contributed by atoms with Crippen molar-refractivity contribution in [2.45, 2.75) is 6.10 Å². The maximum absolute atomic E-state index is 12.6. The topological polar surface area (TPSA) is 97.3 Å². The van der Waals surface area contributed by atoms with Crippen LogP contribution in [0.25, 0.3) is 0 Å². The third-order valence-corrected chi connectivity index (χ3v) is 5.02. The zero-order valence-corrected chi connectivity index (χ0v) is 14.1. The highest BCUT2D eigenvalue weighted by Crippen LogP contribution is 2.34. The summed E-state index contributed by atoms with van der Waals surface area (Å²) in [6.07, 6.45) is 6.20. The molecule has 134 valence electrons. The van der Waals surface area contributed by atoms with Crippen LogP contribution in [0.1, 0.15) is 20.7 Å². The molecule has 4 heterocycles. The molecule has 2 saturated heterocycles. The Balaban J connectivity index is 1.35. The van der Waals surface area contributed by atoms with E-state index in [1.807, 2.05) is 0 Å². The van der Waals surface area contributed by atoms with Crippen molar-refractivity contribution in [1.82, 2.24) is 25.4 Å². The summed E-state index contributed by atoms with van der Waals surface area (Å²) in [4.78, 5) is 30.5. The lowest BCUT2D eigenvalue weighted by atomic mass is 9.93. The minimum Gasteiger partial charge on any atom is -0.376 e. The zero-order valence-electron chi connectivity index (χ0n) is 14.1. The second kappa shape index (κ2) is 7.17. The number of pyridine rings is 1. The minimum absolute atomic E-state index is 0.0246. The number of aromatic nitrogens is 3. The first-order valence-corrected chi connectivity index (χ1v) is 8.58. The maximum Gasteiger partial charge on any atom is 0.255 e. The lowest BCUT2D eigenvalue weighted by Crippen LogP contribution is -2.35. The fourth-order valence-corrected chi connectivity index (χ4v) is 3.60. The fraction of sp³-hybridized carbons (Fsp3) is 0.389. The number of likely N-dealkylation sites (tertiary alicyclic amines) is 1. The van der Waals surface area contributed by atoms with Gasteiger partial charge in [-0.3, -0.25) is 14.6 Å². The molecule has 0 spiro atoms. The second-order valence-electron chi connectivity index (χ2n) is 6.58. The van der Waals surface area contributed by atoms with Gasteiger partial charge in [0.2, 0.25) is 0 Å². The molecule has 3 atom stereocenters. The largest absolute Gasteiger partial charge is 0.376 e. The molecule has 2 fully saturated rings. The van der Waals surface area contributed by atoms with E-state index in [1.54, 1.807) is 35.5 Å². The van der Waals surface area contributed by atoms with E-state index < -0.39 is 0 Å². The first kappa shape index (κ1) is 16.6. The molecule has 26 heavy (non-hydrogen) atoms. The fourth-order valence-electron chi connectivity index (χ4n) is 3.60. The van der Waals surface area contributed by atoms with E-state index in [0.717, 1.165) is 0 Å². The number of hydrogen-bond donors (Lipinski definition) is 1. The van der Waals surface area contributed by atoms with Crippen LogP contribution < -0.4 is 5.32 Å². The van der Waals surface area contributed by atoms with Gasteiger partial charge in [-0.2, -0.15) is 10.2 Å². The van der Waals surface area contributed by atoms with Crippen LogP contribution in [0.2, 0.25) is 0 Å². The predicted molar refractivity (Wildman–Crippen MR) is 91.2 cm³/mol. The van der Waals surface area contributed by atoms with Crippen molar-refractivity contribution in [3.8, 4) is 0 Å². The Morgan fingerprint density at radius 1 is 1.12 bits per heavy atom. The summed E-state index contributed by atoms with van der Waals surface area (Å²) in [5, 5.41) is 10.4. The molecule has 1 N–H and O–H groups in total. The lowest BCUT2D eigenvalue weighted by molar-refractivity contribution is 0.0674. The van der Waals surface area contributed by atoms with Gasteiger partial charge in [0.1, 0.15) is 0 Å². The molecule has 2 aliphatic rings. The molecule has 2 amide bonds. The molecular weight excluding hydrogens is 334 g/mol. The smallest absolute Gasteiger partial charge is 0.255 e. The van der Waals surface area contributed by atoms with Gasteiger partial charge < -0.3 is 15.0 Å². The number of fused-ring (bicyclic) bond motifs is 1. The average Bonchev–Trinajstić information content (AvgIpc) is 3.28. The van der Waals surface area contributed by atoms with Gasteiger partial charge in [0, 0.05) is 49.4 Å². The maximum atomic E-state index is 12.6. The van der Waals surface area contributed by atoms with Crippen molar-refractivity contribution in [3.63, 3.8) is 0 Å². The van der Waals surface area contributed by atoms with Gasteiger partial charge >= 0.3 is 0 Å². The van der Waals surface area contributed by atoms with Crippen molar-refractivity contribution in [3.05, 3.63) is 54.1 Å². The van der Waals surface area contributed by atoms with Crippen molar-refractivity contribution in [2.24, 2.45) is 11.8 Å². The summed E-state index contributed by atoms with van der Waals surface area (Å²) < 4.78 is 5.86.